The molecule has 2 aromatic carbocycles. The van der Waals surface area contributed by atoms with Crippen molar-refractivity contribution in [3.05, 3.63) is 64.3 Å². The molecule has 1 fully saturated rings. The van der Waals surface area contributed by atoms with Gasteiger partial charge in [0, 0.05) is 5.69 Å². The molecule has 3 N–H and O–H groups in total. The molecule has 1 aliphatic rings. The highest BCUT2D eigenvalue weighted by atomic mass is 16.3. The van der Waals surface area contributed by atoms with Gasteiger partial charge in [-0.2, -0.15) is 0 Å². The van der Waals surface area contributed by atoms with E-state index in [2.05, 4.69) is 10.6 Å². The van der Waals surface area contributed by atoms with Gasteiger partial charge in [-0.1, -0.05) is 18.2 Å². The number of phenolic OH excluding ortho intramolecular Hbond substituents is 1. The average molecular weight is 379 g/mol. The third kappa shape index (κ3) is 3.88. The van der Waals surface area contributed by atoms with Crippen LogP contribution in [0.1, 0.15) is 22.3 Å². The van der Waals surface area contributed by atoms with Crippen LogP contribution in [0.4, 0.5) is 10.5 Å². The smallest absolute Gasteiger partial charge is 0.329 e. The highest BCUT2D eigenvalue weighted by Gasteiger charge is 2.35. The fourth-order valence-electron chi connectivity index (χ4n) is 3.00. The lowest BCUT2D eigenvalue weighted by Crippen LogP contribution is -2.38. The molecule has 28 heavy (non-hydrogen) atoms. The van der Waals surface area contributed by atoms with E-state index in [-0.39, 0.29) is 18.0 Å². The molecule has 1 heterocycles. The zero-order chi connectivity index (χ0) is 20.4. The fourth-order valence-corrected chi connectivity index (χ4v) is 3.00. The second kappa shape index (κ2) is 7.56. The van der Waals surface area contributed by atoms with E-state index in [1.54, 1.807) is 38.1 Å². The Balaban J connectivity index is 1.75. The number of phenols is 1. The number of benzene rings is 2. The number of aryl methyl sites for hydroxylation is 3. The summed E-state index contributed by atoms with van der Waals surface area (Å²) in [6.45, 7) is 4.97. The van der Waals surface area contributed by atoms with E-state index in [0.717, 1.165) is 10.5 Å². The van der Waals surface area contributed by atoms with Crippen LogP contribution in [-0.2, 0) is 9.59 Å². The van der Waals surface area contributed by atoms with Crippen LogP contribution in [0.15, 0.2) is 42.1 Å². The van der Waals surface area contributed by atoms with Crippen molar-refractivity contribution in [2.24, 2.45) is 0 Å². The highest BCUT2D eigenvalue weighted by molar-refractivity contribution is 6.16. The van der Waals surface area contributed by atoms with E-state index in [4.69, 9.17) is 0 Å². The van der Waals surface area contributed by atoms with Crippen molar-refractivity contribution >= 4 is 29.6 Å². The first-order valence-corrected chi connectivity index (χ1v) is 8.76. The van der Waals surface area contributed by atoms with E-state index in [1.807, 2.05) is 19.1 Å². The second-order valence-electron chi connectivity index (χ2n) is 6.75. The molecule has 1 saturated heterocycles. The molecule has 4 amide bonds. The molecule has 0 bridgehead atoms. The molecule has 0 aromatic heterocycles. The summed E-state index contributed by atoms with van der Waals surface area (Å²) in [6, 6.07) is 10.0. The molecule has 0 atom stereocenters. The van der Waals surface area contributed by atoms with Gasteiger partial charge in [0.2, 0.25) is 5.91 Å². The zero-order valence-electron chi connectivity index (χ0n) is 15.9. The first-order valence-electron chi connectivity index (χ1n) is 8.76. The topological polar surface area (TPSA) is 98.7 Å². The van der Waals surface area contributed by atoms with Crippen molar-refractivity contribution in [1.82, 2.24) is 10.2 Å². The molecule has 0 unspecified atom stereocenters. The number of imide groups is 1. The first-order chi connectivity index (χ1) is 13.3. The van der Waals surface area contributed by atoms with E-state index >= 15 is 0 Å². The van der Waals surface area contributed by atoms with Crippen molar-refractivity contribution in [3.63, 3.8) is 0 Å². The minimum Gasteiger partial charge on any atom is -0.507 e. The Kier molecular flexibility index (Phi) is 5.17. The standard InChI is InChI=1S/C21H21N3O4/c1-12-6-4-5-7-16(12)22-18(25)11-24-20(27)17(23-21(24)28)10-15-8-13(2)19(26)14(3)9-15/h4-10,26H,11H2,1-3H3,(H,22,25)(H,23,28)/b17-10-. The summed E-state index contributed by atoms with van der Waals surface area (Å²) >= 11 is 0. The van der Waals surface area contributed by atoms with Gasteiger partial charge in [-0.15, -0.1) is 0 Å². The number of urea groups is 1. The van der Waals surface area contributed by atoms with Crippen LogP contribution < -0.4 is 10.6 Å². The van der Waals surface area contributed by atoms with Crippen LogP contribution in [0.3, 0.4) is 0 Å². The van der Waals surface area contributed by atoms with Crippen LogP contribution in [0.2, 0.25) is 0 Å². The molecular weight excluding hydrogens is 358 g/mol. The number of nitrogens with one attached hydrogen (secondary N) is 2. The molecule has 7 nitrogen and oxygen atoms in total. The Labute approximate surface area is 162 Å². The normalized spacial score (nSPS) is 15.1. The Hall–Kier alpha value is -3.61. The largest absolute Gasteiger partial charge is 0.507 e. The predicted molar refractivity (Wildman–Crippen MR) is 106 cm³/mol. The molecule has 0 spiro atoms. The Morgan fingerprint density at radius 2 is 1.75 bits per heavy atom. The highest BCUT2D eigenvalue weighted by Crippen LogP contribution is 2.25. The van der Waals surface area contributed by atoms with Gasteiger partial charge in [0.25, 0.3) is 5.91 Å². The van der Waals surface area contributed by atoms with Crippen molar-refractivity contribution in [2.45, 2.75) is 20.8 Å². The number of hydrogen-bond acceptors (Lipinski definition) is 4. The van der Waals surface area contributed by atoms with Gasteiger partial charge >= 0.3 is 6.03 Å². The number of carbonyl (C=O) groups excluding carboxylic acids is 3. The minimum atomic E-state index is -0.650. The van der Waals surface area contributed by atoms with Crippen LogP contribution in [0, 0.1) is 20.8 Å². The number of aromatic hydroxyl groups is 1. The number of amides is 4. The summed E-state index contributed by atoms with van der Waals surface area (Å²) in [6.07, 6.45) is 1.53. The molecular formula is C21H21N3O4. The van der Waals surface area contributed by atoms with Crippen LogP contribution in [-0.4, -0.2) is 34.4 Å². The summed E-state index contributed by atoms with van der Waals surface area (Å²) in [5.41, 5.74) is 3.59. The second-order valence-corrected chi connectivity index (χ2v) is 6.75. The summed E-state index contributed by atoms with van der Waals surface area (Å²) in [5.74, 6) is -0.845. The third-order valence-corrected chi connectivity index (χ3v) is 4.51. The van der Waals surface area contributed by atoms with Gasteiger partial charge in [-0.25, -0.2) is 9.69 Å². The van der Waals surface area contributed by atoms with Gasteiger partial charge in [0.1, 0.15) is 18.0 Å². The lowest BCUT2D eigenvalue weighted by atomic mass is 10.0. The van der Waals surface area contributed by atoms with Gasteiger partial charge in [0.05, 0.1) is 0 Å². The van der Waals surface area contributed by atoms with Crippen molar-refractivity contribution in [1.29, 1.82) is 0 Å². The van der Waals surface area contributed by atoms with Crippen molar-refractivity contribution in [2.75, 3.05) is 11.9 Å². The Morgan fingerprint density at radius 1 is 1.11 bits per heavy atom. The van der Waals surface area contributed by atoms with Gasteiger partial charge in [-0.3, -0.25) is 9.59 Å². The average Bonchev–Trinajstić information content (AvgIpc) is 2.89. The van der Waals surface area contributed by atoms with E-state index in [0.29, 0.717) is 22.4 Å². The molecule has 0 saturated carbocycles. The van der Waals surface area contributed by atoms with E-state index < -0.39 is 17.8 Å². The lowest BCUT2D eigenvalue weighted by Gasteiger charge is -2.13. The van der Waals surface area contributed by atoms with E-state index in [1.165, 1.54) is 6.08 Å². The van der Waals surface area contributed by atoms with Crippen molar-refractivity contribution in [3.8, 4) is 5.75 Å². The number of nitrogens with zero attached hydrogens (tertiary/aromatic N) is 1. The summed E-state index contributed by atoms with van der Waals surface area (Å²) in [7, 11) is 0. The molecule has 7 heteroatoms. The first kappa shape index (κ1) is 19.2. The molecule has 144 valence electrons. The number of para-hydroxylation sites is 1. The number of hydrogen-bond donors (Lipinski definition) is 3. The molecule has 1 aliphatic heterocycles. The number of anilines is 1. The molecule has 3 rings (SSSR count). The summed E-state index contributed by atoms with van der Waals surface area (Å²) in [4.78, 5) is 37.9. The maximum Gasteiger partial charge on any atom is 0.329 e. The Bertz CT molecular complexity index is 987. The summed E-state index contributed by atoms with van der Waals surface area (Å²) in [5, 5.41) is 15.1. The van der Waals surface area contributed by atoms with Gasteiger partial charge in [-0.05, 0) is 67.3 Å². The quantitative estimate of drug-likeness (QED) is 0.562. The molecule has 0 aliphatic carbocycles. The molecule has 2 aromatic rings. The molecule has 0 radical (unpaired) electrons. The monoisotopic (exact) mass is 379 g/mol. The SMILES string of the molecule is Cc1ccccc1NC(=O)CN1C(=O)N/C(=C\c2cc(C)c(O)c(C)c2)C1=O. The maximum absolute atomic E-state index is 12.6. The third-order valence-electron chi connectivity index (χ3n) is 4.51. The zero-order valence-corrected chi connectivity index (χ0v) is 15.9. The van der Waals surface area contributed by atoms with Gasteiger partial charge < -0.3 is 15.7 Å². The Morgan fingerprint density at radius 3 is 2.39 bits per heavy atom. The van der Waals surface area contributed by atoms with Crippen molar-refractivity contribution < 1.29 is 19.5 Å². The maximum atomic E-state index is 12.6. The van der Waals surface area contributed by atoms with E-state index in [9.17, 15) is 19.5 Å². The minimum absolute atomic E-state index is 0.0816. The fraction of sp³-hybridized carbons (Fsp3) is 0.190. The number of rotatable bonds is 4. The van der Waals surface area contributed by atoms with Crippen LogP contribution in [0.5, 0.6) is 5.75 Å². The van der Waals surface area contributed by atoms with Gasteiger partial charge in [0.15, 0.2) is 0 Å². The number of carbonyl (C=O) groups is 3. The van der Waals surface area contributed by atoms with Crippen LogP contribution in [0.25, 0.3) is 6.08 Å². The predicted octanol–water partition coefficient (Wildman–Crippen LogP) is 2.85. The summed E-state index contributed by atoms with van der Waals surface area (Å²) < 4.78 is 0. The lowest BCUT2D eigenvalue weighted by molar-refractivity contribution is -0.127. The van der Waals surface area contributed by atoms with Crippen LogP contribution >= 0.6 is 0 Å².